The molecule has 1 fully saturated rings. The summed E-state index contributed by atoms with van der Waals surface area (Å²) in [4.78, 5) is 10.9. The van der Waals surface area contributed by atoms with Crippen LogP contribution in [0.4, 0.5) is 0 Å². The van der Waals surface area contributed by atoms with Crippen LogP contribution in [0.3, 0.4) is 0 Å². The van der Waals surface area contributed by atoms with Gasteiger partial charge in [0.25, 0.3) is 0 Å². The number of methoxy groups -OCH3 is 1. The Bertz CT molecular complexity index is 515. The zero-order valence-corrected chi connectivity index (χ0v) is 13.6. The molecule has 0 aromatic heterocycles. The van der Waals surface area contributed by atoms with E-state index in [1.165, 1.54) is 0 Å². The van der Waals surface area contributed by atoms with Gasteiger partial charge in [-0.15, -0.1) is 0 Å². The van der Waals surface area contributed by atoms with Crippen LogP contribution in [0.5, 0.6) is 11.5 Å². The third-order valence-electron chi connectivity index (χ3n) is 3.65. The summed E-state index contributed by atoms with van der Waals surface area (Å²) in [5, 5.41) is 8.95. The maximum absolute atomic E-state index is 10.9. The van der Waals surface area contributed by atoms with Crippen LogP contribution >= 0.6 is 15.9 Å². The number of carboxylic acids is 1. The molecule has 1 aliphatic carbocycles. The predicted molar refractivity (Wildman–Crippen MR) is 82.8 cm³/mol. The number of hydrogen-bond donors (Lipinski definition) is 2. The second-order valence-electron chi connectivity index (χ2n) is 5.26. The first-order valence-electron chi connectivity index (χ1n) is 7.02. The summed E-state index contributed by atoms with van der Waals surface area (Å²) >= 11 is 3.40. The normalized spacial score (nSPS) is 16.7. The lowest BCUT2D eigenvalue weighted by Gasteiger charge is -2.22. The number of aliphatic carboxylic acids is 1. The summed E-state index contributed by atoms with van der Waals surface area (Å²) in [6.07, 6.45) is 4.32. The van der Waals surface area contributed by atoms with Crippen molar-refractivity contribution >= 4 is 21.9 Å². The van der Waals surface area contributed by atoms with E-state index in [0.717, 1.165) is 30.2 Å². The molecule has 1 unspecified atom stereocenters. The van der Waals surface area contributed by atoms with Gasteiger partial charge in [0.2, 0.25) is 0 Å². The quantitative estimate of drug-likeness (QED) is 0.816. The van der Waals surface area contributed by atoms with Crippen LogP contribution in [0.15, 0.2) is 16.6 Å². The summed E-state index contributed by atoms with van der Waals surface area (Å²) in [7, 11) is 1.57. The molecule has 6 heteroatoms. The average molecular weight is 358 g/mol. The Kier molecular flexibility index (Phi) is 5.47. The number of carbonyl (C=O) groups is 1. The summed E-state index contributed by atoms with van der Waals surface area (Å²) in [5.41, 5.74) is 6.69. The van der Waals surface area contributed by atoms with E-state index in [4.69, 9.17) is 20.3 Å². The number of ether oxygens (including phenoxy) is 2. The van der Waals surface area contributed by atoms with Gasteiger partial charge in [0.15, 0.2) is 11.5 Å². The third-order valence-corrected chi connectivity index (χ3v) is 4.11. The van der Waals surface area contributed by atoms with Gasteiger partial charge < -0.3 is 20.3 Å². The zero-order valence-electron chi connectivity index (χ0n) is 12.0. The number of halogens is 1. The van der Waals surface area contributed by atoms with Crippen LogP contribution in [0.25, 0.3) is 0 Å². The molecule has 1 aliphatic rings. The van der Waals surface area contributed by atoms with Crippen LogP contribution < -0.4 is 15.2 Å². The topological polar surface area (TPSA) is 81.8 Å². The molecule has 1 saturated carbocycles. The summed E-state index contributed by atoms with van der Waals surface area (Å²) in [6, 6.07) is 2.98. The van der Waals surface area contributed by atoms with Gasteiger partial charge >= 0.3 is 5.97 Å². The Balaban J connectivity index is 2.35. The first kappa shape index (κ1) is 16.1. The monoisotopic (exact) mass is 357 g/mol. The Hall–Kier alpha value is -1.27. The molecular weight excluding hydrogens is 338 g/mol. The van der Waals surface area contributed by atoms with Gasteiger partial charge in [-0.25, -0.2) is 0 Å². The number of benzene rings is 1. The minimum atomic E-state index is -0.937. The van der Waals surface area contributed by atoms with Crippen LogP contribution in [0.1, 0.15) is 43.7 Å². The van der Waals surface area contributed by atoms with Crippen molar-refractivity contribution in [3.05, 3.63) is 22.2 Å². The van der Waals surface area contributed by atoms with E-state index in [0.29, 0.717) is 17.1 Å². The molecule has 1 atom stereocenters. The molecule has 2 rings (SSSR count). The molecule has 21 heavy (non-hydrogen) atoms. The van der Waals surface area contributed by atoms with Crippen LogP contribution in [0, 0.1) is 0 Å². The highest BCUT2D eigenvalue weighted by Crippen LogP contribution is 2.40. The van der Waals surface area contributed by atoms with E-state index in [9.17, 15) is 4.79 Å². The Morgan fingerprint density at radius 2 is 2.14 bits per heavy atom. The van der Waals surface area contributed by atoms with Crippen molar-refractivity contribution in [2.75, 3.05) is 7.11 Å². The molecule has 0 aliphatic heterocycles. The molecule has 1 aromatic carbocycles. The molecule has 1 aromatic rings. The third kappa shape index (κ3) is 4.11. The number of rotatable bonds is 6. The van der Waals surface area contributed by atoms with Gasteiger partial charge in [0.05, 0.1) is 19.6 Å². The minimum absolute atomic E-state index is 0.149. The lowest BCUT2D eigenvalue weighted by Crippen LogP contribution is -2.19. The van der Waals surface area contributed by atoms with E-state index in [2.05, 4.69) is 15.9 Å². The molecule has 0 heterocycles. The van der Waals surface area contributed by atoms with Crippen molar-refractivity contribution in [3.8, 4) is 11.5 Å². The van der Waals surface area contributed by atoms with Crippen molar-refractivity contribution in [2.24, 2.45) is 5.73 Å². The highest BCUT2D eigenvalue weighted by atomic mass is 79.9. The summed E-state index contributed by atoms with van der Waals surface area (Å²) in [5.74, 6) is 0.210. The van der Waals surface area contributed by atoms with Crippen molar-refractivity contribution in [1.82, 2.24) is 0 Å². The largest absolute Gasteiger partial charge is 0.493 e. The van der Waals surface area contributed by atoms with Gasteiger partial charge in [0, 0.05) is 16.1 Å². The molecule has 3 N–H and O–H groups in total. The first-order valence-corrected chi connectivity index (χ1v) is 7.82. The van der Waals surface area contributed by atoms with Gasteiger partial charge in [-0.05, 0) is 37.8 Å². The average Bonchev–Trinajstić information content (AvgIpc) is 2.92. The fourth-order valence-corrected chi connectivity index (χ4v) is 3.07. The zero-order chi connectivity index (χ0) is 15.4. The second kappa shape index (κ2) is 7.13. The van der Waals surface area contributed by atoms with Gasteiger partial charge in [-0.2, -0.15) is 0 Å². The van der Waals surface area contributed by atoms with Crippen molar-refractivity contribution < 1.29 is 19.4 Å². The van der Waals surface area contributed by atoms with Gasteiger partial charge in [0.1, 0.15) is 0 Å². The minimum Gasteiger partial charge on any atom is -0.493 e. The maximum atomic E-state index is 10.9. The lowest BCUT2D eigenvalue weighted by atomic mass is 10.0. The summed E-state index contributed by atoms with van der Waals surface area (Å²) in [6.45, 7) is 0. The number of hydrogen-bond acceptors (Lipinski definition) is 4. The lowest BCUT2D eigenvalue weighted by molar-refractivity contribution is -0.137. The second-order valence-corrected chi connectivity index (χ2v) is 6.17. The number of carboxylic acid groups (broad SMARTS) is 1. The standard InChI is InChI=1S/C15H20BrNO4/c1-20-13-7-9(16)6-11(12(17)8-14(18)19)15(13)21-10-4-2-3-5-10/h6-7,10,12H,2-5,8,17H2,1H3,(H,18,19). The molecule has 0 bridgehead atoms. The van der Waals surface area contributed by atoms with E-state index in [-0.39, 0.29) is 12.5 Å². The van der Waals surface area contributed by atoms with E-state index in [1.807, 2.05) is 0 Å². The van der Waals surface area contributed by atoms with Crippen molar-refractivity contribution in [2.45, 2.75) is 44.2 Å². The Labute approximate surface area is 132 Å². The maximum Gasteiger partial charge on any atom is 0.305 e. The SMILES string of the molecule is COc1cc(Br)cc(C(N)CC(=O)O)c1OC1CCCC1. The predicted octanol–water partition coefficient (Wildman–Crippen LogP) is 3.25. The fraction of sp³-hybridized carbons (Fsp3) is 0.533. The first-order chi connectivity index (χ1) is 10.0. The molecular formula is C15H20BrNO4. The van der Waals surface area contributed by atoms with Gasteiger partial charge in [-0.3, -0.25) is 4.79 Å². The van der Waals surface area contributed by atoms with Crippen LogP contribution in [-0.4, -0.2) is 24.3 Å². The summed E-state index contributed by atoms with van der Waals surface area (Å²) < 4.78 is 12.2. The Morgan fingerprint density at radius 1 is 1.48 bits per heavy atom. The number of nitrogens with two attached hydrogens (primary N) is 1. The molecule has 5 nitrogen and oxygen atoms in total. The van der Waals surface area contributed by atoms with Crippen LogP contribution in [0.2, 0.25) is 0 Å². The smallest absolute Gasteiger partial charge is 0.305 e. The molecule has 116 valence electrons. The van der Waals surface area contributed by atoms with E-state index < -0.39 is 12.0 Å². The van der Waals surface area contributed by atoms with Gasteiger partial charge in [-0.1, -0.05) is 15.9 Å². The molecule has 0 saturated heterocycles. The van der Waals surface area contributed by atoms with E-state index >= 15 is 0 Å². The highest BCUT2D eigenvalue weighted by Gasteiger charge is 2.24. The van der Waals surface area contributed by atoms with Crippen molar-refractivity contribution in [3.63, 3.8) is 0 Å². The van der Waals surface area contributed by atoms with Crippen molar-refractivity contribution in [1.29, 1.82) is 0 Å². The fourth-order valence-electron chi connectivity index (χ4n) is 2.61. The van der Waals surface area contributed by atoms with Crippen LogP contribution in [-0.2, 0) is 4.79 Å². The molecule has 0 spiro atoms. The Morgan fingerprint density at radius 3 is 2.71 bits per heavy atom. The highest BCUT2D eigenvalue weighted by molar-refractivity contribution is 9.10. The van der Waals surface area contributed by atoms with E-state index in [1.54, 1.807) is 19.2 Å². The molecule has 0 amide bonds. The molecule has 0 radical (unpaired) electrons.